The van der Waals surface area contributed by atoms with Crippen LogP contribution in [0.5, 0.6) is 0 Å². The summed E-state index contributed by atoms with van der Waals surface area (Å²) in [4.78, 5) is 0. The molecule has 1 unspecified atom stereocenters. The molecule has 1 atom stereocenters. The van der Waals surface area contributed by atoms with Crippen LogP contribution in [0.25, 0.3) is 0 Å². The predicted octanol–water partition coefficient (Wildman–Crippen LogP) is -0.249. The van der Waals surface area contributed by atoms with Gasteiger partial charge in [0.05, 0.1) is 1.37 Å². The van der Waals surface area contributed by atoms with E-state index in [0.717, 1.165) is 0 Å². The summed E-state index contributed by atoms with van der Waals surface area (Å²) >= 11 is 0. The third-order valence-corrected chi connectivity index (χ3v) is 0.491. The Kier molecular flexibility index (Phi) is 3.35. The molecule has 0 saturated heterocycles. The molecule has 0 aromatic heterocycles. The van der Waals surface area contributed by atoms with Gasteiger partial charge in [0.2, 0.25) is 0 Å². The van der Waals surface area contributed by atoms with Gasteiger partial charge >= 0.3 is 0 Å². The molecule has 0 aliphatic rings. The molecule has 0 aromatic rings. The van der Waals surface area contributed by atoms with E-state index >= 15 is 0 Å². The van der Waals surface area contributed by atoms with Gasteiger partial charge in [0, 0.05) is 13.2 Å². The number of hydrogen-bond acceptors (Lipinski definition) is 2. The molecule has 2 nitrogen and oxygen atoms in total. The summed E-state index contributed by atoms with van der Waals surface area (Å²) < 4.78 is 6.53. The summed E-state index contributed by atoms with van der Waals surface area (Å²) in [6.45, 7) is -0.942. The van der Waals surface area contributed by atoms with Crippen LogP contribution in [0, 0.1) is 0 Å². The van der Waals surface area contributed by atoms with Gasteiger partial charge in [0.1, 0.15) is 0 Å². The van der Waals surface area contributed by atoms with Gasteiger partial charge in [0.15, 0.2) is 0 Å². The summed E-state index contributed by atoms with van der Waals surface area (Å²) in [6.07, 6.45) is 0.890. The number of aliphatic hydroxyl groups is 2. The molecule has 0 spiro atoms. The molecule has 0 saturated carbocycles. The highest BCUT2D eigenvalue weighted by molar-refractivity contribution is 4.30. The predicted molar refractivity (Wildman–Crippen MR) is 23.4 cm³/mol. The van der Waals surface area contributed by atoms with Crippen LogP contribution in [-0.4, -0.2) is 23.4 Å². The molecule has 2 heteroatoms. The maximum absolute atomic E-state index is 8.24. The Bertz CT molecular complexity index is 38.7. The van der Waals surface area contributed by atoms with Crippen molar-refractivity contribution in [2.45, 2.75) is 12.8 Å². The third kappa shape index (κ3) is 3.92. The van der Waals surface area contributed by atoms with E-state index < -0.39 is 6.58 Å². The molecule has 0 rings (SSSR count). The molecule has 38 valence electrons. The van der Waals surface area contributed by atoms with E-state index in [2.05, 4.69) is 0 Å². The zero-order chi connectivity index (χ0) is 5.70. The highest BCUT2D eigenvalue weighted by Crippen LogP contribution is 1.80. The van der Waals surface area contributed by atoms with Gasteiger partial charge in [-0.05, 0) is 12.8 Å². The quantitative estimate of drug-likeness (QED) is 0.503. The normalized spacial score (nSPS) is 16.7. The van der Waals surface area contributed by atoms with E-state index in [-0.39, 0.29) is 6.61 Å². The van der Waals surface area contributed by atoms with Crippen molar-refractivity contribution >= 4 is 0 Å². The molecular formula is C4H10O2. The van der Waals surface area contributed by atoms with Gasteiger partial charge < -0.3 is 10.2 Å². The van der Waals surface area contributed by atoms with Gasteiger partial charge in [-0.2, -0.15) is 0 Å². The van der Waals surface area contributed by atoms with Crippen LogP contribution in [0.4, 0.5) is 0 Å². The summed E-state index contributed by atoms with van der Waals surface area (Å²) in [5.74, 6) is 0. The first-order chi connectivity index (χ1) is 3.27. The minimum atomic E-state index is -1.01. The molecular weight excluding hydrogens is 80.0 g/mol. The lowest BCUT2D eigenvalue weighted by molar-refractivity contribution is 0.242. The second-order valence-electron chi connectivity index (χ2n) is 1.05. The first-order valence-corrected chi connectivity index (χ1v) is 1.98. The largest absolute Gasteiger partial charge is 0.396 e. The minimum absolute atomic E-state index is 0.0654. The Morgan fingerprint density at radius 2 is 2.00 bits per heavy atom. The molecule has 0 heterocycles. The summed E-state index contributed by atoms with van der Waals surface area (Å²) in [5, 5.41) is 16.4. The van der Waals surface area contributed by atoms with Crippen LogP contribution in [0.1, 0.15) is 14.2 Å². The summed E-state index contributed by atoms with van der Waals surface area (Å²) in [7, 11) is 0. The molecule has 0 bridgehead atoms. The van der Waals surface area contributed by atoms with Gasteiger partial charge in [-0.3, -0.25) is 0 Å². The Hall–Kier alpha value is -0.0800. The Morgan fingerprint density at radius 3 is 2.17 bits per heavy atom. The third-order valence-electron chi connectivity index (χ3n) is 0.491. The van der Waals surface area contributed by atoms with Crippen molar-refractivity contribution in [2.24, 2.45) is 0 Å². The number of aliphatic hydroxyl groups excluding tert-OH is 2. The van der Waals surface area contributed by atoms with Gasteiger partial charge in [-0.15, -0.1) is 0 Å². The lowest BCUT2D eigenvalue weighted by Gasteiger charge is -1.85. The van der Waals surface area contributed by atoms with E-state index in [4.69, 9.17) is 11.6 Å². The summed E-state index contributed by atoms with van der Waals surface area (Å²) in [5.41, 5.74) is 0. The molecule has 6 heavy (non-hydrogen) atoms. The zero-order valence-corrected chi connectivity index (χ0v) is 3.59. The molecule has 0 aromatic carbocycles. The van der Waals surface area contributed by atoms with E-state index in [1.54, 1.807) is 0 Å². The molecule has 2 N–H and O–H groups in total. The molecule has 0 aliphatic heterocycles. The Balaban J connectivity index is 2.68. The molecule has 0 aliphatic carbocycles. The fourth-order valence-electron chi connectivity index (χ4n) is 0.183. The van der Waals surface area contributed by atoms with Crippen molar-refractivity contribution in [3.05, 3.63) is 0 Å². The molecule has 0 radical (unpaired) electrons. The van der Waals surface area contributed by atoms with E-state index in [1.165, 1.54) is 0 Å². The monoisotopic (exact) mass is 91.1 g/mol. The van der Waals surface area contributed by atoms with Crippen molar-refractivity contribution in [1.29, 1.82) is 0 Å². The van der Waals surface area contributed by atoms with E-state index in [0.29, 0.717) is 12.8 Å². The fourth-order valence-corrected chi connectivity index (χ4v) is 0.183. The number of hydrogen-bond donors (Lipinski definition) is 2. The van der Waals surface area contributed by atoms with Crippen LogP contribution >= 0.6 is 0 Å². The van der Waals surface area contributed by atoms with E-state index in [9.17, 15) is 0 Å². The van der Waals surface area contributed by atoms with Crippen LogP contribution in [0.2, 0.25) is 0 Å². The zero-order valence-electron chi connectivity index (χ0n) is 4.59. The first kappa shape index (κ1) is 4.09. The van der Waals surface area contributed by atoms with Crippen LogP contribution in [0.3, 0.4) is 0 Å². The molecule has 0 amide bonds. The topological polar surface area (TPSA) is 40.5 Å². The van der Waals surface area contributed by atoms with Gasteiger partial charge in [-0.25, -0.2) is 0 Å². The van der Waals surface area contributed by atoms with Gasteiger partial charge in [-0.1, -0.05) is 0 Å². The SMILES string of the molecule is [2H]C(O)CCCO. The van der Waals surface area contributed by atoms with Crippen molar-refractivity contribution in [3.63, 3.8) is 0 Å². The minimum Gasteiger partial charge on any atom is -0.396 e. The standard InChI is InChI=1S/C4H10O2/c5-3-1-2-4-6/h5-6H,1-4H2/i3D. The maximum atomic E-state index is 8.24. The lowest BCUT2D eigenvalue weighted by atomic mass is 10.3. The second-order valence-corrected chi connectivity index (χ2v) is 1.05. The van der Waals surface area contributed by atoms with Gasteiger partial charge in [0.25, 0.3) is 0 Å². The maximum Gasteiger partial charge on any atom is 0.0564 e. The average Bonchev–Trinajstić information content (AvgIpc) is 1.61. The summed E-state index contributed by atoms with van der Waals surface area (Å²) in [6, 6.07) is 0. The smallest absolute Gasteiger partial charge is 0.0564 e. The van der Waals surface area contributed by atoms with Crippen LogP contribution < -0.4 is 0 Å². The fraction of sp³-hybridized carbons (Fsp3) is 1.00. The highest BCUT2D eigenvalue weighted by Gasteiger charge is 1.77. The average molecular weight is 91.1 g/mol. The van der Waals surface area contributed by atoms with Crippen LogP contribution in [0.15, 0.2) is 0 Å². The Morgan fingerprint density at radius 1 is 1.33 bits per heavy atom. The van der Waals surface area contributed by atoms with Crippen LogP contribution in [-0.2, 0) is 0 Å². The first-order valence-electron chi connectivity index (χ1n) is 2.56. The lowest BCUT2D eigenvalue weighted by Crippen LogP contribution is -1.85. The second kappa shape index (κ2) is 4.92. The highest BCUT2D eigenvalue weighted by atomic mass is 16.3. The Labute approximate surface area is 38.8 Å². The van der Waals surface area contributed by atoms with Crippen molar-refractivity contribution in [3.8, 4) is 0 Å². The van der Waals surface area contributed by atoms with E-state index in [1.807, 2.05) is 0 Å². The van der Waals surface area contributed by atoms with Crippen molar-refractivity contribution < 1.29 is 11.6 Å². The van der Waals surface area contributed by atoms with Crippen molar-refractivity contribution in [2.75, 3.05) is 13.2 Å². The number of rotatable bonds is 3. The molecule has 0 fully saturated rings. The van der Waals surface area contributed by atoms with Crippen molar-refractivity contribution in [1.82, 2.24) is 0 Å².